The van der Waals surface area contributed by atoms with E-state index in [1.54, 1.807) is 0 Å². The summed E-state index contributed by atoms with van der Waals surface area (Å²) in [6, 6.07) is 11.7. The van der Waals surface area contributed by atoms with Crippen LogP contribution in [-0.2, 0) is 4.79 Å². The maximum absolute atomic E-state index is 12.1. The minimum absolute atomic E-state index is 0.140. The lowest BCUT2D eigenvalue weighted by Gasteiger charge is -2.07. The number of aromatic nitrogens is 2. The van der Waals surface area contributed by atoms with Gasteiger partial charge < -0.3 is 5.32 Å². The lowest BCUT2D eigenvalue weighted by Crippen LogP contribution is -2.34. The molecule has 0 unspecified atom stereocenters. The largest absolute Gasteiger partial charge is 0.405 e. The first kappa shape index (κ1) is 17.7. The third kappa shape index (κ3) is 4.70. The Balaban J connectivity index is 1.74. The van der Waals surface area contributed by atoms with Gasteiger partial charge in [-0.1, -0.05) is 42.1 Å². The minimum Gasteiger partial charge on any atom is -0.346 e. The van der Waals surface area contributed by atoms with Crippen molar-refractivity contribution in [1.82, 2.24) is 15.3 Å². The first-order valence-electron chi connectivity index (χ1n) is 7.18. The van der Waals surface area contributed by atoms with E-state index in [-0.39, 0.29) is 5.75 Å². The number of thioether (sulfide) groups is 1. The smallest absolute Gasteiger partial charge is 0.346 e. The molecule has 0 saturated heterocycles. The van der Waals surface area contributed by atoms with Gasteiger partial charge in [-0.25, -0.2) is 9.97 Å². The molecule has 9 heteroatoms. The molecule has 4 nitrogen and oxygen atoms in total. The van der Waals surface area contributed by atoms with Crippen molar-refractivity contribution < 1.29 is 18.0 Å². The lowest BCUT2D eigenvalue weighted by molar-refractivity contribution is -0.136. The van der Waals surface area contributed by atoms with Gasteiger partial charge in [0.15, 0.2) is 0 Å². The van der Waals surface area contributed by atoms with Crippen molar-refractivity contribution in [3.05, 3.63) is 42.7 Å². The predicted octanol–water partition coefficient (Wildman–Crippen LogP) is 4.13. The Hall–Kier alpha value is -2.13. The number of carbonyl (C=O) groups excluding carboxylic acids is 1. The molecular formula is C16H12F3N3OS2. The molecule has 3 rings (SSSR count). The molecule has 1 aromatic carbocycles. The second kappa shape index (κ2) is 7.40. The number of benzene rings is 1. The number of hydrogen-bond donors (Lipinski definition) is 1. The predicted molar refractivity (Wildman–Crippen MR) is 92.6 cm³/mol. The van der Waals surface area contributed by atoms with Gasteiger partial charge in [0.2, 0.25) is 5.91 Å². The quantitative estimate of drug-likeness (QED) is 0.532. The number of carbonyl (C=O) groups is 1. The molecule has 3 aromatic rings. The Morgan fingerprint density at radius 1 is 1.20 bits per heavy atom. The minimum atomic E-state index is -4.42. The topological polar surface area (TPSA) is 54.9 Å². The molecule has 25 heavy (non-hydrogen) atoms. The zero-order chi connectivity index (χ0) is 17.9. The Kier molecular flexibility index (Phi) is 5.24. The molecule has 2 heterocycles. The molecule has 0 aliphatic rings. The van der Waals surface area contributed by atoms with Crippen molar-refractivity contribution in [2.75, 3.05) is 12.3 Å². The average molecular weight is 383 g/mol. The Labute approximate surface area is 149 Å². The molecular weight excluding hydrogens is 371 g/mol. The van der Waals surface area contributed by atoms with Crippen molar-refractivity contribution in [3.63, 3.8) is 0 Å². The maximum Gasteiger partial charge on any atom is 0.405 e. The van der Waals surface area contributed by atoms with E-state index in [1.165, 1.54) is 17.7 Å². The van der Waals surface area contributed by atoms with Gasteiger partial charge in [-0.2, -0.15) is 13.2 Å². The van der Waals surface area contributed by atoms with Crippen LogP contribution in [0.25, 0.3) is 20.7 Å². The van der Waals surface area contributed by atoms with Gasteiger partial charge >= 0.3 is 6.18 Å². The first-order valence-corrected chi connectivity index (χ1v) is 8.99. The normalized spacial score (nSPS) is 11.6. The van der Waals surface area contributed by atoms with Crippen LogP contribution in [-0.4, -0.2) is 34.3 Å². The average Bonchev–Trinajstić information content (AvgIpc) is 3.03. The highest BCUT2D eigenvalue weighted by atomic mass is 32.2. The summed E-state index contributed by atoms with van der Waals surface area (Å²) in [5.41, 5.74) is 1.05. The van der Waals surface area contributed by atoms with Gasteiger partial charge in [0, 0.05) is 10.3 Å². The number of halogens is 3. The fourth-order valence-electron chi connectivity index (χ4n) is 2.08. The molecule has 0 radical (unpaired) electrons. The van der Waals surface area contributed by atoms with Gasteiger partial charge in [0.25, 0.3) is 0 Å². The van der Waals surface area contributed by atoms with Crippen LogP contribution in [0.15, 0.2) is 47.8 Å². The summed E-state index contributed by atoms with van der Waals surface area (Å²) in [6.07, 6.45) is -3.02. The van der Waals surface area contributed by atoms with Crippen LogP contribution in [0.2, 0.25) is 0 Å². The summed E-state index contributed by atoms with van der Waals surface area (Å²) in [7, 11) is 0. The molecule has 0 saturated carbocycles. The SMILES string of the molecule is O=C(CSc1ncnc2sc(-c3ccccc3)cc12)NCC(F)(F)F. The number of alkyl halides is 3. The zero-order valence-corrected chi connectivity index (χ0v) is 14.3. The van der Waals surface area contributed by atoms with E-state index >= 15 is 0 Å². The number of fused-ring (bicyclic) bond motifs is 1. The van der Waals surface area contributed by atoms with Gasteiger partial charge in [-0.15, -0.1) is 11.3 Å². The standard InChI is InChI=1S/C16H12F3N3OS2/c17-16(18,19)8-20-13(23)7-24-14-11-6-12(10-4-2-1-3-5-10)25-15(11)22-9-21-14/h1-6,9H,7-8H2,(H,20,23). The van der Waals surface area contributed by atoms with E-state index in [9.17, 15) is 18.0 Å². The van der Waals surface area contributed by atoms with Crippen LogP contribution in [0.3, 0.4) is 0 Å². The third-order valence-electron chi connectivity index (χ3n) is 3.18. The van der Waals surface area contributed by atoms with E-state index in [1.807, 2.05) is 41.7 Å². The van der Waals surface area contributed by atoms with Crippen LogP contribution in [0.4, 0.5) is 13.2 Å². The highest BCUT2D eigenvalue weighted by molar-refractivity contribution is 8.00. The van der Waals surface area contributed by atoms with E-state index in [0.29, 0.717) is 5.03 Å². The number of nitrogens with zero attached hydrogens (tertiary/aromatic N) is 2. The fraction of sp³-hybridized carbons (Fsp3) is 0.188. The van der Waals surface area contributed by atoms with Gasteiger partial charge in [0.05, 0.1) is 5.75 Å². The number of thiophene rings is 1. The van der Waals surface area contributed by atoms with Crippen molar-refractivity contribution >= 4 is 39.2 Å². The molecule has 1 N–H and O–H groups in total. The summed E-state index contributed by atoms with van der Waals surface area (Å²) in [4.78, 5) is 21.7. The molecule has 2 aromatic heterocycles. The summed E-state index contributed by atoms with van der Waals surface area (Å²) in [5.74, 6) is -0.828. The molecule has 1 amide bonds. The molecule has 0 aliphatic heterocycles. The summed E-state index contributed by atoms with van der Waals surface area (Å²) < 4.78 is 36.3. The van der Waals surface area contributed by atoms with Crippen LogP contribution in [0.1, 0.15) is 0 Å². The number of rotatable bonds is 5. The highest BCUT2D eigenvalue weighted by Gasteiger charge is 2.27. The van der Waals surface area contributed by atoms with E-state index in [2.05, 4.69) is 9.97 Å². The molecule has 0 spiro atoms. The van der Waals surface area contributed by atoms with E-state index < -0.39 is 18.6 Å². The number of nitrogens with one attached hydrogen (secondary N) is 1. The van der Waals surface area contributed by atoms with Crippen LogP contribution < -0.4 is 5.32 Å². The Morgan fingerprint density at radius 3 is 2.68 bits per heavy atom. The van der Waals surface area contributed by atoms with Crippen LogP contribution in [0, 0.1) is 0 Å². The molecule has 130 valence electrons. The molecule has 0 aliphatic carbocycles. The second-order valence-electron chi connectivity index (χ2n) is 5.05. The second-order valence-corrected chi connectivity index (χ2v) is 7.05. The van der Waals surface area contributed by atoms with Gasteiger partial charge in [0.1, 0.15) is 22.7 Å². The Bertz CT molecular complexity index is 881. The van der Waals surface area contributed by atoms with Gasteiger partial charge in [-0.3, -0.25) is 4.79 Å². The summed E-state index contributed by atoms with van der Waals surface area (Å²) >= 11 is 2.59. The molecule has 0 fully saturated rings. The monoisotopic (exact) mass is 383 g/mol. The fourth-order valence-corrected chi connectivity index (χ4v) is 3.95. The van der Waals surface area contributed by atoms with E-state index in [4.69, 9.17) is 0 Å². The Morgan fingerprint density at radius 2 is 1.96 bits per heavy atom. The van der Waals surface area contributed by atoms with Crippen molar-refractivity contribution in [1.29, 1.82) is 0 Å². The highest BCUT2D eigenvalue weighted by Crippen LogP contribution is 2.35. The summed E-state index contributed by atoms with van der Waals surface area (Å²) in [6.45, 7) is -1.33. The van der Waals surface area contributed by atoms with Crippen molar-refractivity contribution in [2.45, 2.75) is 11.2 Å². The summed E-state index contributed by atoms with van der Waals surface area (Å²) in [5, 5.41) is 3.21. The van der Waals surface area contributed by atoms with Crippen molar-refractivity contribution in [2.24, 2.45) is 0 Å². The lowest BCUT2D eigenvalue weighted by atomic mass is 10.2. The first-order chi connectivity index (χ1) is 11.9. The maximum atomic E-state index is 12.1. The van der Waals surface area contributed by atoms with Gasteiger partial charge in [-0.05, 0) is 11.6 Å². The zero-order valence-electron chi connectivity index (χ0n) is 12.7. The van der Waals surface area contributed by atoms with Crippen LogP contribution >= 0.6 is 23.1 Å². The molecule has 0 bridgehead atoms. The van der Waals surface area contributed by atoms with E-state index in [0.717, 1.165) is 32.4 Å². The van der Waals surface area contributed by atoms with Crippen molar-refractivity contribution in [3.8, 4) is 10.4 Å². The molecule has 0 atom stereocenters. The van der Waals surface area contributed by atoms with Crippen LogP contribution in [0.5, 0.6) is 0 Å². The third-order valence-corrected chi connectivity index (χ3v) is 5.27. The number of hydrogen-bond acceptors (Lipinski definition) is 5. The number of amides is 1.